The van der Waals surface area contributed by atoms with Gasteiger partial charge in [-0.2, -0.15) is 13.2 Å². The van der Waals surface area contributed by atoms with Gasteiger partial charge in [-0.25, -0.2) is 0 Å². The number of benzene rings is 2. The van der Waals surface area contributed by atoms with Crippen molar-refractivity contribution in [3.63, 3.8) is 0 Å². The van der Waals surface area contributed by atoms with Gasteiger partial charge in [-0.15, -0.1) is 0 Å². The van der Waals surface area contributed by atoms with Crippen molar-refractivity contribution in [2.24, 2.45) is 0 Å². The molecule has 2 aromatic carbocycles. The Morgan fingerprint density at radius 3 is 2.48 bits per heavy atom. The molecule has 3 rings (SSSR count). The molecule has 3 nitrogen and oxygen atoms in total. The minimum Gasteiger partial charge on any atom is -0.489 e. The minimum absolute atomic E-state index is 0.143. The van der Waals surface area contributed by atoms with E-state index in [0.29, 0.717) is 12.2 Å². The van der Waals surface area contributed by atoms with E-state index >= 15 is 0 Å². The van der Waals surface area contributed by atoms with Crippen molar-refractivity contribution in [1.82, 2.24) is 0 Å². The van der Waals surface area contributed by atoms with E-state index in [4.69, 9.17) is 14.0 Å². The molecule has 1 atom stereocenters. The zero-order valence-corrected chi connectivity index (χ0v) is 15.5. The molecule has 1 aliphatic rings. The maximum absolute atomic E-state index is 13.2. The van der Waals surface area contributed by atoms with Gasteiger partial charge in [0, 0.05) is 11.6 Å². The monoisotopic (exact) mass is 378 g/mol. The van der Waals surface area contributed by atoms with E-state index in [1.807, 2.05) is 51.1 Å². The summed E-state index contributed by atoms with van der Waals surface area (Å²) < 4.78 is 57.2. The number of rotatable bonds is 4. The third-order valence-corrected chi connectivity index (χ3v) is 4.39. The van der Waals surface area contributed by atoms with Crippen LogP contribution in [-0.2, 0) is 22.1 Å². The third kappa shape index (κ3) is 5.05. The van der Waals surface area contributed by atoms with Gasteiger partial charge in [0.2, 0.25) is 0 Å². The second-order valence-corrected chi connectivity index (χ2v) is 7.38. The van der Waals surface area contributed by atoms with E-state index in [-0.39, 0.29) is 18.2 Å². The first-order valence-electron chi connectivity index (χ1n) is 8.85. The first kappa shape index (κ1) is 19.8. The summed E-state index contributed by atoms with van der Waals surface area (Å²) >= 11 is 0. The molecule has 0 spiro atoms. The SMILES string of the molecule is C[C@@H]1CC(C)(C)OB(c2cc(C(F)(F)F)ccc2OCc2ccccc2)O1. The largest absolute Gasteiger partial charge is 0.498 e. The lowest BCUT2D eigenvalue weighted by Crippen LogP contribution is -2.52. The Morgan fingerprint density at radius 2 is 1.85 bits per heavy atom. The van der Waals surface area contributed by atoms with E-state index in [1.54, 1.807) is 0 Å². The summed E-state index contributed by atoms with van der Waals surface area (Å²) in [7, 11) is -0.920. The van der Waals surface area contributed by atoms with Crippen molar-refractivity contribution >= 4 is 12.6 Å². The molecule has 27 heavy (non-hydrogen) atoms. The van der Waals surface area contributed by atoms with Crippen LogP contribution in [0.2, 0.25) is 0 Å². The van der Waals surface area contributed by atoms with Gasteiger partial charge in [0.25, 0.3) is 0 Å². The van der Waals surface area contributed by atoms with E-state index < -0.39 is 24.5 Å². The van der Waals surface area contributed by atoms with Gasteiger partial charge in [0.1, 0.15) is 12.4 Å². The highest BCUT2D eigenvalue weighted by Crippen LogP contribution is 2.32. The Hall–Kier alpha value is -1.99. The highest BCUT2D eigenvalue weighted by atomic mass is 19.4. The normalized spacial score (nSPS) is 19.8. The van der Waals surface area contributed by atoms with Crippen LogP contribution in [0.25, 0.3) is 0 Å². The molecular weight excluding hydrogens is 356 g/mol. The number of halogens is 3. The molecule has 1 aliphatic heterocycles. The first-order chi connectivity index (χ1) is 12.6. The fourth-order valence-electron chi connectivity index (χ4n) is 3.23. The number of ether oxygens (including phenoxy) is 1. The quantitative estimate of drug-likeness (QED) is 0.729. The van der Waals surface area contributed by atoms with Gasteiger partial charge in [-0.1, -0.05) is 30.3 Å². The minimum atomic E-state index is -4.46. The van der Waals surface area contributed by atoms with Crippen LogP contribution in [0.4, 0.5) is 13.2 Å². The maximum atomic E-state index is 13.2. The fraction of sp³-hybridized carbons (Fsp3) is 0.400. The fourth-order valence-corrected chi connectivity index (χ4v) is 3.23. The summed E-state index contributed by atoms with van der Waals surface area (Å²) in [4.78, 5) is 0. The summed E-state index contributed by atoms with van der Waals surface area (Å²) in [6, 6.07) is 12.8. The molecule has 0 unspecified atom stereocenters. The summed E-state index contributed by atoms with van der Waals surface area (Å²) in [5.74, 6) is 0.321. The van der Waals surface area contributed by atoms with Crippen LogP contribution < -0.4 is 10.2 Å². The molecule has 0 radical (unpaired) electrons. The van der Waals surface area contributed by atoms with E-state index in [1.165, 1.54) is 6.07 Å². The van der Waals surface area contributed by atoms with Crippen LogP contribution in [0.5, 0.6) is 5.75 Å². The van der Waals surface area contributed by atoms with Crippen molar-refractivity contribution in [3.05, 3.63) is 59.7 Å². The van der Waals surface area contributed by atoms with Crippen molar-refractivity contribution in [2.45, 2.75) is 51.7 Å². The Morgan fingerprint density at radius 1 is 1.15 bits per heavy atom. The Labute approximate surface area is 157 Å². The van der Waals surface area contributed by atoms with Crippen molar-refractivity contribution < 1.29 is 27.2 Å². The second kappa shape index (κ2) is 7.56. The van der Waals surface area contributed by atoms with E-state index in [9.17, 15) is 13.2 Å². The lowest BCUT2D eigenvalue weighted by Gasteiger charge is -2.38. The van der Waals surface area contributed by atoms with Crippen LogP contribution in [0, 0.1) is 0 Å². The predicted octanol–water partition coefficient (Wildman–Crippen LogP) is 4.58. The van der Waals surface area contributed by atoms with Crippen LogP contribution in [0.1, 0.15) is 38.3 Å². The standard InChI is InChI=1S/C20H22BF3O3/c1-14-12-19(2,3)27-21(26-14)17-11-16(20(22,23)24)9-10-18(17)25-13-15-7-5-4-6-8-15/h4-11,14H,12-13H2,1-3H3/t14-/m1/s1. The smallest absolute Gasteiger partial charge is 0.489 e. The first-order valence-corrected chi connectivity index (χ1v) is 8.85. The molecule has 2 aromatic rings. The number of hydrogen-bond acceptors (Lipinski definition) is 3. The molecular formula is C20H22BF3O3. The van der Waals surface area contributed by atoms with Gasteiger partial charge in [-0.3, -0.25) is 0 Å². The lowest BCUT2D eigenvalue weighted by atomic mass is 9.73. The van der Waals surface area contributed by atoms with Crippen molar-refractivity contribution in [3.8, 4) is 5.75 Å². The summed E-state index contributed by atoms with van der Waals surface area (Å²) in [6.45, 7) is 5.93. The molecule has 0 N–H and O–H groups in total. The zero-order valence-electron chi connectivity index (χ0n) is 15.5. The molecule has 1 heterocycles. The molecule has 1 saturated heterocycles. The molecule has 1 fully saturated rings. The topological polar surface area (TPSA) is 27.7 Å². The molecule has 0 aromatic heterocycles. The molecule has 0 bridgehead atoms. The highest BCUT2D eigenvalue weighted by molar-refractivity contribution is 6.62. The van der Waals surface area contributed by atoms with E-state index in [2.05, 4.69) is 0 Å². The van der Waals surface area contributed by atoms with Crippen LogP contribution >= 0.6 is 0 Å². The summed E-state index contributed by atoms with van der Waals surface area (Å²) in [5.41, 5.74) is -0.0940. The maximum Gasteiger partial charge on any atom is 0.498 e. The van der Waals surface area contributed by atoms with Gasteiger partial charge >= 0.3 is 13.3 Å². The number of alkyl halides is 3. The second-order valence-electron chi connectivity index (χ2n) is 7.38. The predicted molar refractivity (Wildman–Crippen MR) is 97.9 cm³/mol. The van der Waals surface area contributed by atoms with Gasteiger partial charge < -0.3 is 14.0 Å². The summed E-state index contributed by atoms with van der Waals surface area (Å²) in [6.07, 6.45) is -3.94. The Bertz CT molecular complexity index is 778. The lowest BCUT2D eigenvalue weighted by molar-refractivity contribution is -0.137. The van der Waals surface area contributed by atoms with Crippen LogP contribution in [0.15, 0.2) is 48.5 Å². The zero-order chi connectivity index (χ0) is 19.7. The molecule has 0 amide bonds. The molecule has 0 saturated carbocycles. The van der Waals surface area contributed by atoms with Crippen LogP contribution in [-0.4, -0.2) is 18.8 Å². The third-order valence-electron chi connectivity index (χ3n) is 4.39. The summed E-state index contributed by atoms with van der Waals surface area (Å²) in [5, 5.41) is 0. The van der Waals surface area contributed by atoms with Gasteiger partial charge in [0.15, 0.2) is 0 Å². The highest BCUT2D eigenvalue weighted by Gasteiger charge is 2.41. The molecule has 0 aliphatic carbocycles. The molecule has 7 heteroatoms. The average molecular weight is 378 g/mol. The van der Waals surface area contributed by atoms with Crippen molar-refractivity contribution in [1.29, 1.82) is 0 Å². The average Bonchev–Trinajstić information content (AvgIpc) is 2.58. The number of hydrogen-bond donors (Lipinski definition) is 0. The van der Waals surface area contributed by atoms with Crippen LogP contribution in [0.3, 0.4) is 0 Å². The Kier molecular flexibility index (Phi) is 5.54. The van der Waals surface area contributed by atoms with Crippen molar-refractivity contribution in [2.75, 3.05) is 0 Å². The Balaban J connectivity index is 1.92. The van der Waals surface area contributed by atoms with Gasteiger partial charge in [-0.05, 0) is 51.0 Å². The van der Waals surface area contributed by atoms with Gasteiger partial charge in [0.05, 0.1) is 11.2 Å². The molecule has 144 valence electrons. The van der Waals surface area contributed by atoms with E-state index in [0.717, 1.165) is 17.7 Å².